The van der Waals surface area contributed by atoms with Gasteiger partial charge in [-0.1, -0.05) is 0 Å². The maximum absolute atomic E-state index is 5.92. The molecule has 1 unspecified atom stereocenters. The topological polar surface area (TPSA) is 73.1 Å². The van der Waals surface area contributed by atoms with Gasteiger partial charge in [-0.15, -0.1) is 0 Å². The molecule has 2 aromatic rings. The maximum atomic E-state index is 5.92. The van der Waals surface area contributed by atoms with Crippen LogP contribution in [0.2, 0.25) is 0 Å². The molecule has 1 saturated heterocycles. The van der Waals surface area contributed by atoms with Gasteiger partial charge in [-0.2, -0.15) is 5.10 Å². The number of nitrogens with one attached hydrogen (secondary N) is 1. The van der Waals surface area contributed by atoms with E-state index < -0.39 is 0 Å². The second kappa shape index (κ2) is 7.77. The van der Waals surface area contributed by atoms with Crippen LogP contribution in [-0.2, 0) is 18.3 Å². The van der Waals surface area contributed by atoms with E-state index >= 15 is 0 Å². The average Bonchev–Trinajstić information content (AvgIpc) is 3.32. The maximum Gasteiger partial charge on any atom is 0.231 e. The Kier molecular flexibility index (Phi) is 5.22. The summed E-state index contributed by atoms with van der Waals surface area (Å²) >= 11 is 3.54. The summed E-state index contributed by atoms with van der Waals surface area (Å²) in [5.74, 6) is 2.37. The van der Waals surface area contributed by atoms with Gasteiger partial charge in [-0.05, 0) is 33.6 Å². The Balaban J connectivity index is 1.41. The Labute approximate surface area is 166 Å². The van der Waals surface area contributed by atoms with Crippen molar-refractivity contribution in [2.45, 2.75) is 12.6 Å². The number of halogens is 1. The molecule has 3 heterocycles. The van der Waals surface area contributed by atoms with Crippen LogP contribution in [0, 0.1) is 0 Å². The summed E-state index contributed by atoms with van der Waals surface area (Å²) in [6.45, 7) is 3.07. The zero-order valence-corrected chi connectivity index (χ0v) is 16.9. The predicted octanol–water partition coefficient (Wildman–Crippen LogP) is 2.06. The average molecular weight is 436 g/mol. The lowest BCUT2D eigenvalue weighted by Crippen LogP contribution is -2.47. The van der Waals surface area contributed by atoms with Crippen LogP contribution in [-0.4, -0.2) is 54.2 Å². The molecule has 1 aromatic carbocycles. The molecule has 2 aliphatic heterocycles. The molecule has 0 saturated carbocycles. The first-order valence-corrected chi connectivity index (χ1v) is 9.57. The van der Waals surface area contributed by atoms with Gasteiger partial charge in [0.05, 0.1) is 23.8 Å². The minimum Gasteiger partial charge on any atom is -0.454 e. The first kappa shape index (κ1) is 18.1. The third-order valence-corrected chi connectivity index (χ3v) is 5.20. The second-order valence-corrected chi connectivity index (χ2v) is 7.32. The number of fused-ring (bicyclic) bond motifs is 1. The molecule has 0 amide bonds. The molecule has 1 atom stereocenters. The number of aromatic nitrogens is 2. The smallest absolute Gasteiger partial charge is 0.231 e. The van der Waals surface area contributed by atoms with Crippen LogP contribution in [0.15, 0.2) is 34.0 Å². The van der Waals surface area contributed by atoms with Crippen LogP contribution in [0.25, 0.3) is 0 Å². The van der Waals surface area contributed by atoms with Gasteiger partial charge in [0.25, 0.3) is 0 Å². The van der Waals surface area contributed by atoms with Gasteiger partial charge in [0.15, 0.2) is 17.5 Å². The Bertz CT molecular complexity index is 854. The van der Waals surface area contributed by atoms with E-state index in [1.807, 2.05) is 31.6 Å². The highest BCUT2D eigenvalue weighted by Gasteiger charge is 2.25. The summed E-state index contributed by atoms with van der Waals surface area (Å²) in [4.78, 5) is 6.65. The molecule has 144 valence electrons. The lowest BCUT2D eigenvalue weighted by Gasteiger charge is -2.34. The van der Waals surface area contributed by atoms with E-state index in [1.165, 1.54) is 0 Å². The molecule has 0 bridgehead atoms. The molecule has 8 nitrogen and oxygen atoms in total. The molecule has 0 radical (unpaired) electrons. The number of aryl methyl sites for hydroxylation is 1. The van der Waals surface area contributed by atoms with Crippen LogP contribution in [0.1, 0.15) is 17.2 Å². The van der Waals surface area contributed by atoms with E-state index in [9.17, 15) is 0 Å². The van der Waals surface area contributed by atoms with Gasteiger partial charge in [-0.3, -0.25) is 9.67 Å². The highest BCUT2D eigenvalue weighted by Crippen LogP contribution is 2.39. The molecular formula is C18H22BrN5O3. The van der Waals surface area contributed by atoms with Crippen molar-refractivity contribution >= 4 is 21.9 Å². The highest BCUT2D eigenvalue weighted by atomic mass is 79.9. The van der Waals surface area contributed by atoms with E-state index in [0.29, 0.717) is 13.2 Å². The van der Waals surface area contributed by atoms with Gasteiger partial charge in [0.2, 0.25) is 6.79 Å². The SMILES string of the molecule is CN=C(NCc1cc(Br)c2c(c1)OCO2)N1CCOC(c2cnn(C)c2)C1. The standard InChI is InChI=1S/C18H22BrN5O3/c1-20-18(21-7-12-5-14(19)17-15(6-12)26-11-27-17)24-3-4-25-16(10-24)13-8-22-23(2)9-13/h5-6,8-9,16H,3-4,7,10-11H2,1-2H3,(H,20,21). The lowest BCUT2D eigenvalue weighted by molar-refractivity contribution is -0.00805. The quantitative estimate of drug-likeness (QED) is 0.587. The summed E-state index contributed by atoms with van der Waals surface area (Å²) in [5, 5.41) is 7.67. The van der Waals surface area contributed by atoms with E-state index in [-0.39, 0.29) is 12.9 Å². The minimum absolute atomic E-state index is 0.00862. The Morgan fingerprint density at radius 1 is 1.41 bits per heavy atom. The number of hydrogen-bond donors (Lipinski definition) is 1. The molecule has 1 aromatic heterocycles. The number of morpholine rings is 1. The van der Waals surface area contributed by atoms with Crippen molar-refractivity contribution in [1.82, 2.24) is 20.0 Å². The van der Waals surface area contributed by atoms with Gasteiger partial charge in [-0.25, -0.2) is 0 Å². The van der Waals surface area contributed by atoms with Crippen molar-refractivity contribution in [2.24, 2.45) is 12.0 Å². The molecule has 1 fully saturated rings. The van der Waals surface area contributed by atoms with Gasteiger partial charge in [0.1, 0.15) is 6.10 Å². The lowest BCUT2D eigenvalue weighted by atomic mass is 10.1. The van der Waals surface area contributed by atoms with Crippen molar-refractivity contribution in [3.63, 3.8) is 0 Å². The first-order chi connectivity index (χ1) is 13.1. The van der Waals surface area contributed by atoms with E-state index in [0.717, 1.165) is 46.1 Å². The van der Waals surface area contributed by atoms with Crippen LogP contribution in [0.4, 0.5) is 0 Å². The molecule has 27 heavy (non-hydrogen) atoms. The normalized spacial score (nSPS) is 19.4. The number of aliphatic imine (C=N–C) groups is 1. The predicted molar refractivity (Wildman–Crippen MR) is 104 cm³/mol. The van der Waals surface area contributed by atoms with E-state index in [4.69, 9.17) is 14.2 Å². The van der Waals surface area contributed by atoms with Gasteiger partial charge < -0.3 is 24.4 Å². The summed E-state index contributed by atoms with van der Waals surface area (Å²) in [6, 6.07) is 4.02. The van der Waals surface area contributed by atoms with Crippen molar-refractivity contribution in [1.29, 1.82) is 0 Å². The molecule has 2 aliphatic rings. The van der Waals surface area contributed by atoms with Gasteiger partial charge >= 0.3 is 0 Å². The van der Waals surface area contributed by atoms with Crippen molar-refractivity contribution in [3.05, 3.63) is 40.1 Å². The summed E-state index contributed by atoms with van der Waals surface area (Å²) < 4.78 is 19.5. The van der Waals surface area contributed by atoms with E-state index in [2.05, 4.69) is 36.2 Å². The van der Waals surface area contributed by atoms with Crippen LogP contribution in [0.3, 0.4) is 0 Å². The third-order valence-electron chi connectivity index (χ3n) is 4.61. The number of ether oxygens (including phenoxy) is 3. The van der Waals surface area contributed by atoms with Crippen molar-refractivity contribution in [2.75, 3.05) is 33.5 Å². The van der Waals surface area contributed by atoms with E-state index in [1.54, 1.807) is 11.7 Å². The fourth-order valence-electron chi connectivity index (χ4n) is 3.29. The summed E-state index contributed by atoms with van der Waals surface area (Å²) in [6.07, 6.45) is 3.84. The fourth-order valence-corrected chi connectivity index (χ4v) is 3.89. The Morgan fingerprint density at radius 3 is 3.07 bits per heavy atom. The van der Waals surface area contributed by atoms with Crippen LogP contribution < -0.4 is 14.8 Å². The first-order valence-electron chi connectivity index (χ1n) is 8.78. The molecule has 1 N–H and O–H groups in total. The largest absolute Gasteiger partial charge is 0.454 e. The number of rotatable bonds is 3. The monoisotopic (exact) mass is 435 g/mol. The zero-order valence-electron chi connectivity index (χ0n) is 15.3. The number of nitrogens with zero attached hydrogens (tertiary/aromatic N) is 4. The highest BCUT2D eigenvalue weighted by molar-refractivity contribution is 9.10. The zero-order chi connectivity index (χ0) is 18.8. The third kappa shape index (κ3) is 3.89. The van der Waals surface area contributed by atoms with Crippen LogP contribution in [0.5, 0.6) is 11.5 Å². The molecule has 9 heteroatoms. The van der Waals surface area contributed by atoms with Crippen molar-refractivity contribution in [3.8, 4) is 11.5 Å². The molecular weight excluding hydrogens is 414 g/mol. The fraction of sp³-hybridized carbons (Fsp3) is 0.444. The summed E-state index contributed by atoms with van der Waals surface area (Å²) in [7, 11) is 3.71. The Morgan fingerprint density at radius 2 is 2.30 bits per heavy atom. The van der Waals surface area contributed by atoms with Crippen LogP contribution >= 0.6 is 15.9 Å². The minimum atomic E-state index is -0.00862. The number of benzene rings is 1. The number of guanidine groups is 1. The molecule has 0 aliphatic carbocycles. The summed E-state index contributed by atoms with van der Waals surface area (Å²) in [5.41, 5.74) is 2.17. The Hall–Kier alpha value is -2.26. The van der Waals surface area contributed by atoms with Crippen molar-refractivity contribution < 1.29 is 14.2 Å². The molecule has 4 rings (SSSR count). The second-order valence-electron chi connectivity index (χ2n) is 6.46. The number of hydrogen-bond acceptors (Lipinski definition) is 5. The molecule has 0 spiro atoms. The van der Waals surface area contributed by atoms with Gasteiger partial charge in [0, 0.05) is 38.9 Å².